The third-order valence-corrected chi connectivity index (χ3v) is 4.38. The fourth-order valence-corrected chi connectivity index (χ4v) is 3.15. The minimum atomic E-state index is -0.270. The Hall–Kier alpha value is -2.34. The van der Waals surface area contributed by atoms with E-state index in [9.17, 15) is 4.79 Å². The molecule has 0 unspecified atom stereocenters. The number of rotatable bonds is 3. The van der Waals surface area contributed by atoms with E-state index < -0.39 is 0 Å². The number of hydrogen-bond donors (Lipinski definition) is 1. The maximum absolute atomic E-state index is 12.1. The Balaban J connectivity index is 1.53. The van der Waals surface area contributed by atoms with Crippen LogP contribution in [-0.4, -0.2) is 15.5 Å². The number of aryl methyl sites for hydroxylation is 1. The van der Waals surface area contributed by atoms with Crippen LogP contribution in [-0.2, 0) is 13.0 Å². The largest absolute Gasteiger partial charge is 0.444 e. The van der Waals surface area contributed by atoms with Gasteiger partial charge in [0.2, 0.25) is 0 Å². The van der Waals surface area contributed by atoms with Crippen LogP contribution in [0, 0.1) is 0 Å². The average molecular weight is 372 g/mol. The lowest BCUT2D eigenvalue weighted by Crippen LogP contribution is -2.10. The van der Waals surface area contributed by atoms with Gasteiger partial charge in [0.25, 0.3) is 5.91 Å². The minimum Gasteiger partial charge on any atom is -0.444 e. The molecule has 3 heterocycles. The lowest BCUT2D eigenvalue weighted by atomic mass is 10.1. The molecule has 6 heteroatoms. The molecule has 1 aliphatic heterocycles. The van der Waals surface area contributed by atoms with Gasteiger partial charge in [0, 0.05) is 18.7 Å². The molecule has 1 aromatic carbocycles. The lowest BCUT2D eigenvalue weighted by molar-refractivity contribution is 0.0995. The van der Waals surface area contributed by atoms with Crippen LogP contribution >= 0.6 is 15.9 Å². The number of carbonyl (C=O) groups is 1. The number of nitrogens with zero attached hydrogens (tertiary/aromatic N) is 2. The molecule has 0 radical (unpaired) electrons. The number of amides is 1. The molecule has 1 amide bonds. The van der Waals surface area contributed by atoms with E-state index in [1.165, 1.54) is 0 Å². The average Bonchev–Trinajstić information content (AvgIpc) is 3.24. The Morgan fingerprint density at radius 2 is 2.04 bits per heavy atom. The van der Waals surface area contributed by atoms with Crippen molar-refractivity contribution in [3.05, 3.63) is 58.8 Å². The Labute approximate surface area is 141 Å². The van der Waals surface area contributed by atoms with E-state index in [2.05, 4.69) is 30.8 Å². The summed E-state index contributed by atoms with van der Waals surface area (Å²) in [6.45, 7) is 1.02. The summed E-state index contributed by atoms with van der Waals surface area (Å²) in [5.41, 5.74) is 2.96. The topological polar surface area (TPSA) is 60.1 Å². The van der Waals surface area contributed by atoms with Crippen molar-refractivity contribution in [3.63, 3.8) is 0 Å². The van der Waals surface area contributed by atoms with Gasteiger partial charge >= 0.3 is 0 Å². The quantitative estimate of drug-likeness (QED) is 0.753. The number of benzene rings is 1. The number of halogens is 1. The predicted octanol–water partition coefficient (Wildman–Crippen LogP) is 4.10. The van der Waals surface area contributed by atoms with Crippen LogP contribution < -0.4 is 5.32 Å². The van der Waals surface area contributed by atoms with Gasteiger partial charge in [0.1, 0.15) is 5.82 Å². The van der Waals surface area contributed by atoms with Crippen molar-refractivity contribution in [1.29, 1.82) is 0 Å². The molecular formula is C17H14BrN3O2. The molecule has 0 saturated heterocycles. The van der Waals surface area contributed by atoms with Gasteiger partial charge in [0.05, 0.1) is 11.9 Å². The summed E-state index contributed by atoms with van der Waals surface area (Å²) in [7, 11) is 0. The van der Waals surface area contributed by atoms with Gasteiger partial charge in [-0.1, -0.05) is 12.1 Å². The third kappa shape index (κ3) is 2.70. The first-order chi connectivity index (χ1) is 11.2. The molecule has 0 bridgehead atoms. The van der Waals surface area contributed by atoms with Crippen LogP contribution in [0.4, 0.5) is 5.69 Å². The van der Waals surface area contributed by atoms with E-state index in [-0.39, 0.29) is 11.7 Å². The van der Waals surface area contributed by atoms with Crippen LogP contribution in [0.15, 0.2) is 51.7 Å². The third-order valence-electron chi connectivity index (χ3n) is 3.96. The standard InChI is InChI=1S/C17H14BrN3O2/c18-15-8-7-14(23-15)17(22)20-12-5-3-11(4-6-12)13-10-19-16-2-1-9-21(13)16/h3-8,10H,1-2,9H2,(H,20,22). The van der Waals surface area contributed by atoms with Gasteiger partial charge in [-0.2, -0.15) is 0 Å². The molecule has 0 saturated carbocycles. The summed E-state index contributed by atoms with van der Waals surface area (Å²) in [6.07, 6.45) is 4.12. The zero-order valence-electron chi connectivity index (χ0n) is 12.3. The maximum Gasteiger partial charge on any atom is 0.291 e. The second-order valence-electron chi connectivity index (χ2n) is 5.45. The number of fused-ring (bicyclic) bond motifs is 1. The number of aromatic nitrogens is 2. The molecule has 23 heavy (non-hydrogen) atoms. The molecule has 4 rings (SSSR count). The fraction of sp³-hybridized carbons (Fsp3) is 0.176. The van der Waals surface area contributed by atoms with E-state index in [1.807, 2.05) is 30.5 Å². The van der Waals surface area contributed by atoms with Gasteiger partial charge in [-0.15, -0.1) is 0 Å². The molecule has 1 aliphatic rings. The predicted molar refractivity (Wildman–Crippen MR) is 90.3 cm³/mol. The number of hydrogen-bond acceptors (Lipinski definition) is 3. The Kier molecular flexibility index (Phi) is 3.53. The molecular weight excluding hydrogens is 358 g/mol. The molecule has 116 valence electrons. The summed E-state index contributed by atoms with van der Waals surface area (Å²) >= 11 is 3.19. The summed E-state index contributed by atoms with van der Waals surface area (Å²) in [5, 5.41) is 2.82. The molecule has 0 atom stereocenters. The van der Waals surface area contributed by atoms with Crippen LogP contribution in [0.1, 0.15) is 22.8 Å². The van der Waals surface area contributed by atoms with Gasteiger partial charge in [-0.3, -0.25) is 4.79 Å². The highest BCUT2D eigenvalue weighted by atomic mass is 79.9. The first kappa shape index (κ1) is 14.3. The van der Waals surface area contributed by atoms with Crippen LogP contribution in [0.5, 0.6) is 0 Å². The summed E-state index contributed by atoms with van der Waals surface area (Å²) < 4.78 is 8.04. The van der Waals surface area contributed by atoms with E-state index in [1.54, 1.807) is 12.1 Å². The lowest BCUT2D eigenvalue weighted by Gasteiger charge is -2.07. The zero-order valence-corrected chi connectivity index (χ0v) is 13.8. The molecule has 0 aliphatic carbocycles. The number of anilines is 1. The van der Waals surface area contributed by atoms with Crippen molar-refractivity contribution in [3.8, 4) is 11.3 Å². The highest BCUT2D eigenvalue weighted by Gasteiger charge is 2.16. The van der Waals surface area contributed by atoms with E-state index in [4.69, 9.17) is 4.42 Å². The van der Waals surface area contributed by atoms with Crippen LogP contribution in [0.2, 0.25) is 0 Å². The van der Waals surface area contributed by atoms with E-state index in [0.717, 1.165) is 42.2 Å². The molecule has 2 aromatic heterocycles. The highest BCUT2D eigenvalue weighted by Crippen LogP contribution is 2.26. The number of nitrogens with one attached hydrogen (secondary N) is 1. The van der Waals surface area contributed by atoms with Crippen molar-refractivity contribution in [2.45, 2.75) is 19.4 Å². The van der Waals surface area contributed by atoms with Gasteiger partial charge in [0.15, 0.2) is 10.4 Å². The molecule has 5 nitrogen and oxygen atoms in total. The fourth-order valence-electron chi connectivity index (χ4n) is 2.84. The van der Waals surface area contributed by atoms with Gasteiger partial charge in [-0.05, 0) is 52.2 Å². The zero-order chi connectivity index (χ0) is 15.8. The normalized spacial score (nSPS) is 13.1. The van der Waals surface area contributed by atoms with Crippen molar-refractivity contribution in [2.75, 3.05) is 5.32 Å². The van der Waals surface area contributed by atoms with Crippen molar-refractivity contribution >= 4 is 27.5 Å². The van der Waals surface area contributed by atoms with E-state index >= 15 is 0 Å². The number of imidazole rings is 1. The molecule has 3 aromatic rings. The first-order valence-corrected chi connectivity index (χ1v) is 8.21. The van der Waals surface area contributed by atoms with Crippen LogP contribution in [0.25, 0.3) is 11.3 Å². The smallest absolute Gasteiger partial charge is 0.291 e. The first-order valence-electron chi connectivity index (χ1n) is 7.42. The van der Waals surface area contributed by atoms with Crippen molar-refractivity contribution in [1.82, 2.24) is 9.55 Å². The summed E-state index contributed by atoms with van der Waals surface area (Å²) in [6, 6.07) is 11.1. The molecule has 1 N–H and O–H groups in total. The van der Waals surface area contributed by atoms with Crippen molar-refractivity contribution < 1.29 is 9.21 Å². The summed E-state index contributed by atoms with van der Waals surface area (Å²) in [5.74, 6) is 1.16. The second-order valence-corrected chi connectivity index (χ2v) is 6.23. The van der Waals surface area contributed by atoms with Crippen molar-refractivity contribution in [2.24, 2.45) is 0 Å². The Morgan fingerprint density at radius 1 is 1.22 bits per heavy atom. The monoisotopic (exact) mass is 371 g/mol. The molecule has 0 spiro atoms. The summed E-state index contributed by atoms with van der Waals surface area (Å²) in [4.78, 5) is 16.5. The Morgan fingerprint density at radius 3 is 2.78 bits per heavy atom. The number of carbonyl (C=O) groups excluding carboxylic acids is 1. The van der Waals surface area contributed by atoms with Gasteiger partial charge < -0.3 is 14.3 Å². The van der Waals surface area contributed by atoms with Gasteiger partial charge in [-0.25, -0.2) is 4.98 Å². The Bertz CT molecular complexity index is 864. The van der Waals surface area contributed by atoms with Crippen LogP contribution in [0.3, 0.4) is 0 Å². The molecule has 0 fully saturated rings. The second kappa shape index (κ2) is 5.70. The van der Waals surface area contributed by atoms with E-state index in [0.29, 0.717) is 4.67 Å². The highest BCUT2D eigenvalue weighted by molar-refractivity contribution is 9.10. The minimum absolute atomic E-state index is 0.270. The maximum atomic E-state index is 12.1. The SMILES string of the molecule is O=C(Nc1ccc(-c2cnc3n2CCC3)cc1)c1ccc(Br)o1. The number of furan rings is 1.